The second kappa shape index (κ2) is 4.67. The average Bonchev–Trinajstić information content (AvgIpc) is 2.29. The number of benzene rings is 1. The van der Waals surface area contributed by atoms with Gasteiger partial charge in [-0.15, -0.1) is 0 Å². The molecule has 17 heavy (non-hydrogen) atoms. The van der Waals surface area contributed by atoms with Gasteiger partial charge in [0.1, 0.15) is 11.6 Å². The number of nitrogens with zero attached hydrogens (tertiary/aromatic N) is 1. The lowest BCUT2D eigenvalue weighted by atomic mass is 10.3. The van der Waals surface area contributed by atoms with Gasteiger partial charge in [0.2, 0.25) is 10.0 Å². The van der Waals surface area contributed by atoms with E-state index < -0.39 is 26.6 Å². The first-order chi connectivity index (χ1) is 8.03. The fourth-order valence-corrected chi connectivity index (χ4v) is 3.40. The van der Waals surface area contributed by atoms with Crippen LogP contribution in [0.4, 0.5) is 8.78 Å². The smallest absolute Gasteiger partial charge is 0.249 e. The van der Waals surface area contributed by atoms with E-state index in [1.54, 1.807) is 0 Å². The predicted octanol–water partition coefficient (Wildman–Crippen LogP) is -0.467. The average molecular weight is 263 g/mol. The molecule has 1 fully saturated rings. The summed E-state index contributed by atoms with van der Waals surface area (Å²) in [4.78, 5) is -0.845. The molecule has 0 aliphatic carbocycles. The van der Waals surface area contributed by atoms with E-state index in [4.69, 9.17) is 0 Å². The summed E-state index contributed by atoms with van der Waals surface area (Å²) in [6, 6.07) is 3.05. The van der Waals surface area contributed by atoms with Crippen LogP contribution >= 0.6 is 0 Å². The molecule has 1 heterocycles. The molecule has 1 saturated heterocycles. The summed E-state index contributed by atoms with van der Waals surface area (Å²) >= 11 is 0. The maximum absolute atomic E-state index is 13.4. The second-order valence-electron chi connectivity index (χ2n) is 3.82. The molecule has 0 aromatic heterocycles. The minimum atomic E-state index is -4.06. The third kappa shape index (κ3) is 2.31. The number of halogens is 2. The van der Waals surface area contributed by atoms with E-state index in [1.165, 1.54) is 0 Å². The highest BCUT2D eigenvalue weighted by Gasteiger charge is 2.32. The third-order valence-electron chi connectivity index (χ3n) is 2.68. The van der Waals surface area contributed by atoms with Crippen molar-refractivity contribution in [3.8, 4) is 0 Å². The number of hydrogen-bond acceptors (Lipinski definition) is 2. The number of rotatable bonds is 2. The molecule has 0 saturated carbocycles. The van der Waals surface area contributed by atoms with Crippen LogP contribution < -0.4 is 5.32 Å². The van der Waals surface area contributed by atoms with Crippen LogP contribution in [0, 0.1) is 11.6 Å². The van der Waals surface area contributed by atoms with Gasteiger partial charge >= 0.3 is 0 Å². The molecule has 0 amide bonds. The van der Waals surface area contributed by atoms with E-state index in [2.05, 4.69) is 0 Å². The van der Waals surface area contributed by atoms with Crippen molar-refractivity contribution in [2.45, 2.75) is 4.90 Å². The molecule has 0 unspecified atom stereocenters. The maximum atomic E-state index is 13.4. The van der Waals surface area contributed by atoms with Crippen molar-refractivity contribution >= 4 is 10.0 Å². The summed E-state index contributed by atoms with van der Waals surface area (Å²) in [7, 11) is -4.06. The normalized spacial score (nSPS) is 18.2. The van der Waals surface area contributed by atoms with E-state index in [0.717, 1.165) is 22.5 Å². The fraction of sp³-hybridized carbons (Fsp3) is 0.400. The molecule has 0 radical (unpaired) electrons. The Bertz CT molecular complexity index is 493. The topological polar surface area (TPSA) is 54.0 Å². The van der Waals surface area contributed by atoms with Crippen molar-refractivity contribution in [3.05, 3.63) is 29.8 Å². The van der Waals surface area contributed by atoms with Crippen LogP contribution in [0.15, 0.2) is 23.1 Å². The Labute approximate surface area is 98.3 Å². The van der Waals surface area contributed by atoms with Crippen LogP contribution in [0.1, 0.15) is 0 Å². The van der Waals surface area contributed by atoms with Crippen LogP contribution in [-0.4, -0.2) is 38.9 Å². The highest BCUT2D eigenvalue weighted by Crippen LogP contribution is 2.22. The maximum Gasteiger partial charge on any atom is 0.249 e. The van der Waals surface area contributed by atoms with Gasteiger partial charge in [-0.2, -0.15) is 4.31 Å². The quantitative estimate of drug-likeness (QED) is 0.784. The van der Waals surface area contributed by atoms with Crippen LogP contribution in [0.3, 0.4) is 0 Å². The summed E-state index contributed by atoms with van der Waals surface area (Å²) in [5.41, 5.74) is 0. The number of nitrogens with two attached hydrogens (primary N) is 1. The van der Waals surface area contributed by atoms with Crippen LogP contribution in [0.2, 0.25) is 0 Å². The van der Waals surface area contributed by atoms with Crippen molar-refractivity contribution in [3.63, 3.8) is 0 Å². The molecule has 1 aliphatic heterocycles. The van der Waals surface area contributed by atoms with Gasteiger partial charge in [-0.05, 0) is 12.1 Å². The first-order valence-electron chi connectivity index (χ1n) is 5.29. The van der Waals surface area contributed by atoms with Crippen molar-refractivity contribution in [2.24, 2.45) is 0 Å². The molecule has 0 atom stereocenters. The zero-order valence-electron chi connectivity index (χ0n) is 9.07. The minimum Gasteiger partial charge on any atom is -0.344 e. The van der Waals surface area contributed by atoms with Gasteiger partial charge in [-0.3, -0.25) is 0 Å². The lowest BCUT2D eigenvalue weighted by Gasteiger charge is -2.24. The van der Waals surface area contributed by atoms with Gasteiger partial charge in [0.05, 0.1) is 26.2 Å². The van der Waals surface area contributed by atoms with Gasteiger partial charge in [-0.1, -0.05) is 6.07 Å². The third-order valence-corrected chi connectivity index (χ3v) is 4.63. The van der Waals surface area contributed by atoms with E-state index in [0.29, 0.717) is 13.1 Å². The van der Waals surface area contributed by atoms with Crippen molar-refractivity contribution in [2.75, 3.05) is 26.2 Å². The summed E-state index contributed by atoms with van der Waals surface area (Å²) in [6.07, 6.45) is 0. The van der Waals surface area contributed by atoms with Crippen LogP contribution in [0.25, 0.3) is 0 Å². The van der Waals surface area contributed by atoms with Gasteiger partial charge < -0.3 is 5.32 Å². The predicted molar refractivity (Wildman–Crippen MR) is 56.8 cm³/mol. The first kappa shape index (κ1) is 12.4. The standard InChI is InChI=1S/C10H12F2N2O2S/c11-8-2-1-3-9(12)10(8)17(15,16)14-6-4-13-5-7-14/h1-3,13H,4-7H2/p+1. The molecule has 94 valence electrons. The highest BCUT2D eigenvalue weighted by molar-refractivity contribution is 7.89. The minimum absolute atomic E-state index is 0.274. The van der Waals surface area contributed by atoms with E-state index in [-0.39, 0.29) is 13.1 Å². The molecular weight excluding hydrogens is 250 g/mol. The number of piperazine rings is 1. The van der Waals surface area contributed by atoms with E-state index >= 15 is 0 Å². The molecule has 0 spiro atoms. The van der Waals surface area contributed by atoms with Crippen LogP contribution in [0.5, 0.6) is 0 Å². The SMILES string of the molecule is O=S(=O)(c1c(F)cccc1F)N1CC[NH2+]CC1. The van der Waals surface area contributed by atoms with Gasteiger partial charge in [-0.25, -0.2) is 17.2 Å². The largest absolute Gasteiger partial charge is 0.344 e. The molecule has 1 aliphatic rings. The van der Waals surface area contributed by atoms with E-state index in [9.17, 15) is 17.2 Å². The number of sulfonamides is 1. The number of hydrogen-bond donors (Lipinski definition) is 1. The molecule has 0 bridgehead atoms. The molecule has 2 N–H and O–H groups in total. The summed E-state index contributed by atoms with van der Waals surface area (Å²) in [6.45, 7) is 1.76. The summed E-state index contributed by atoms with van der Waals surface area (Å²) < 4.78 is 52.1. The molecule has 1 aromatic carbocycles. The van der Waals surface area contributed by atoms with E-state index in [1.807, 2.05) is 5.32 Å². The molecular formula is C10H13F2N2O2S+. The molecule has 7 heteroatoms. The zero-order chi connectivity index (χ0) is 12.5. The Morgan fingerprint density at radius 1 is 1.12 bits per heavy atom. The second-order valence-corrected chi connectivity index (χ2v) is 5.70. The Balaban J connectivity index is 2.44. The lowest BCUT2D eigenvalue weighted by molar-refractivity contribution is -0.661. The highest BCUT2D eigenvalue weighted by atomic mass is 32.2. The van der Waals surface area contributed by atoms with Gasteiger partial charge in [0.15, 0.2) is 4.90 Å². The summed E-state index contributed by atoms with van der Waals surface area (Å²) in [5, 5.41) is 1.96. The monoisotopic (exact) mass is 263 g/mol. The lowest BCUT2D eigenvalue weighted by Crippen LogP contribution is -2.89. The zero-order valence-corrected chi connectivity index (χ0v) is 9.88. The van der Waals surface area contributed by atoms with Crippen molar-refractivity contribution < 1.29 is 22.5 Å². The van der Waals surface area contributed by atoms with Crippen LogP contribution in [-0.2, 0) is 10.0 Å². The Morgan fingerprint density at radius 3 is 2.18 bits per heavy atom. The van der Waals surface area contributed by atoms with Crippen molar-refractivity contribution in [1.82, 2.24) is 4.31 Å². The van der Waals surface area contributed by atoms with Gasteiger partial charge in [0.25, 0.3) is 0 Å². The first-order valence-corrected chi connectivity index (χ1v) is 6.73. The molecule has 2 rings (SSSR count). The van der Waals surface area contributed by atoms with Gasteiger partial charge in [0, 0.05) is 0 Å². The Kier molecular flexibility index (Phi) is 3.41. The number of quaternary nitrogens is 1. The summed E-state index contributed by atoms with van der Waals surface area (Å²) in [5.74, 6) is -2.08. The Morgan fingerprint density at radius 2 is 1.65 bits per heavy atom. The Hall–Kier alpha value is -1.05. The fourth-order valence-electron chi connectivity index (χ4n) is 1.83. The molecule has 4 nitrogen and oxygen atoms in total. The van der Waals surface area contributed by atoms with Crippen molar-refractivity contribution in [1.29, 1.82) is 0 Å². The molecule has 1 aromatic rings.